The van der Waals surface area contributed by atoms with Crippen LogP contribution in [-0.4, -0.2) is 23.0 Å². The second-order valence-corrected chi connectivity index (χ2v) is 3.10. The van der Waals surface area contributed by atoms with Gasteiger partial charge in [0, 0.05) is 5.39 Å². The number of nitrogens with one attached hydrogen (secondary N) is 1. The standard InChI is InChI=1S/C10H7FN2O3/c1-16-10(15)7-3-5-2-6(11)4-12-8(5)9(14)13-7/h2-4H,1H3,(H,13,14). The van der Waals surface area contributed by atoms with Crippen molar-refractivity contribution >= 4 is 16.9 Å². The SMILES string of the molecule is COC(=O)c1cc2cc(F)cnc2c(=O)[nH]1. The number of H-pyrrole nitrogens is 1. The number of carbonyl (C=O) groups is 1. The van der Waals surface area contributed by atoms with Crippen molar-refractivity contribution in [1.82, 2.24) is 9.97 Å². The minimum absolute atomic E-state index is 0.0348. The zero-order valence-corrected chi connectivity index (χ0v) is 8.28. The van der Waals surface area contributed by atoms with E-state index in [-0.39, 0.29) is 16.6 Å². The van der Waals surface area contributed by atoms with E-state index in [4.69, 9.17) is 0 Å². The van der Waals surface area contributed by atoms with E-state index in [2.05, 4.69) is 14.7 Å². The molecule has 2 rings (SSSR count). The molecule has 0 amide bonds. The molecular formula is C10H7FN2O3. The Balaban J connectivity index is 2.75. The normalized spacial score (nSPS) is 10.4. The fourth-order valence-electron chi connectivity index (χ4n) is 1.35. The number of rotatable bonds is 1. The van der Waals surface area contributed by atoms with E-state index in [0.717, 1.165) is 12.3 Å². The first-order valence-corrected chi connectivity index (χ1v) is 4.38. The number of nitrogens with zero attached hydrogens (tertiary/aromatic N) is 1. The molecule has 82 valence electrons. The Labute approximate surface area is 88.9 Å². The van der Waals surface area contributed by atoms with Gasteiger partial charge in [-0.2, -0.15) is 0 Å². The van der Waals surface area contributed by atoms with Crippen LogP contribution in [0.1, 0.15) is 10.5 Å². The molecule has 0 saturated heterocycles. The van der Waals surface area contributed by atoms with E-state index in [1.165, 1.54) is 13.2 Å². The summed E-state index contributed by atoms with van der Waals surface area (Å²) in [6, 6.07) is 2.45. The average Bonchev–Trinajstić information content (AvgIpc) is 2.27. The molecule has 0 aliphatic carbocycles. The van der Waals surface area contributed by atoms with Crippen LogP contribution in [0.3, 0.4) is 0 Å². The van der Waals surface area contributed by atoms with Gasteiger partial charge in [-0.05, 0) is 12.1 Å². The maximum Gasteiger partial charge on any atom is 0.354 e. The van der Waals surface area contributed by atoms with Crippen LogP contribution < -0.4 is 5.56 Å². The first-order chi connectivity index (χ1) is 7.61. The predicted molar refractivity (Wildman–Crippen MR) is 53.7 cm³/mol. The smallest absolute Gasteiger partial charge is 0.354 e. The van der Waals surface area contributed by atoms with Crippen LogP contribution in [0.4, 0.5) is 4.39 Å². The Morgan fingerprint density at radius 1 is 1.50 bits per heavy atom. The van der Waals surface area contributed by atoms with Gasteiger partial charge >= 0.3 is 5.97 Å². The number of carbonyl (C=O) groups excluding carboxylic acids is 1. The second-order valence-electron chi connectivity index (χ2n) is 3.10. The molecule has 0 spiro atoms. The van der Waals surface area contributed by atoms with Crippen LogP contribution in [0, 0.1) is 5.82 Å². The maximum atomic E-state index is 12.9. The molecule has 0 aromatic carbocycles. The third-order valence-electron chi connectivity index (χ3n) is 2.05. The summed E-state index contributed by atoms with van der Waals surface area (Å²) in [7, 11) is 1.19. The quantitative estimate of drug-likeness (QED) is 0.726. The number of halogens is 1. The highest BCUT2D eigenvalue weighted by molar-refractivity contribution is 5.91. The van der Waals surface area contributed by atoms with E-state index in [1.807, 2.05) is 0 Å². The molecule has 0 bridgehead atoms. The molecule has 0 aliphatic heterocycles. The molecule has 0 unspecified atom stereocenters. The molecule has 1 N–H and O–H groups in total. The second kappa shape index (κ2) is 3.73. The van der Waals surface area contributed by atoms with E-state index < -0.39 is 17.3 Å². The number of fused-ring (bicyclic) bond motifs is 1. The van der Waals surface area contributed by atoms with Crippen LogP contribution in [0.15, 0.2) is 23.1 Å². The van der Waals surface area contributed by atoms with Crippen molar-refractivity contribution in [2.45, 2.75) is 0 Å². The van der Waals surface area contributed by atoms with Gasteiger partial charge in [0.15, 0.2) is 0 Å². The summed E-state index contributed by atoms with van der Waals surface area (Å²) in [6.45, 7) is 0. The third kappa shape index (κ3) is 1.65. The van der Waals surface area contributed by atoms with Gasteiger partial charge in [-0.1, -0.05) is 0 Å². The molecule has 2 aromatic rings. The van der Waals surface area contributed by atoms with Gasteiger partial charge in [0.2, 0.25) is 0 Å². The third-order valence-corrected chi connectivity index (χ3v) is 2.05. The number of ether oxygens (including phenoxy) is 1. The summed E-state index contributed by atoms with van der Waals surface area (Å²) in [6.07, 6.45) is 0.940. The first kappa shape index (κ1) is 10.3. The van der Waals surface area contributed by atoms with Crippen molar-refractivity contribution in [3.05, 3.63) is 40.2 Å². The van der Waals surface area contributed by atoms with Gasteiger partial charge in [0.05, 0.1) is 13.3 Å². The number of hydrogen-bond donors (Lipinski definition) is 1. The molecule has 2 heterocycles. The van der Waals surface area contributed by atoms with Crippen molar-refractivity contribution in [3.63, 3.8) is 0 Å². The summed E-state index contributed by atoms with van der Waals surface area (Å²) in [4.78, 5) is 28.6. The van der Waals surface area contributed by atoms with Crippen molar-refractivity contribution in [1.29, 1.82) is 0 Å². The highest BCUT2D eigenvalue weighted by Gasteiger charge is 2.10. The van der Waals surface area contributed by atoms with Gasteiger partial charge in [-0.25, -0.2) is 14.2 Å². The molecule has 0 saturated carbocycles. The number of hydrogen-bond acceptors (Lipinski definition) is 4. The molecular weight excluding hydrogens is 215 g/mol. The van der Waals surface area contributed by atoms with E-state index in [1.54, 1.807) is 0 Å². The molecule has 0 atom stereocenters. The average molecular weight is 222 g/mol. The molecule has 0 radical (unpaired) electrons. The maximum absolute atomic E-state index is 12.9. The summed E-state index contributed by atoms with van der Waals surface area (Å²) in [5, 5.41) is 0.254. The number of esters is 1. The Morgan fingerprint density at radius 2 is 2.25 bits per heavy atom. The number of pyridine rings is 2. The van der Waals surface area contributed by atoms with Crippen LogP contribution in [-0.2, 0) is 4.74 Å². The van der Waals surface area contributed by atoms with Crippen molar-refractivity contribution < 1.29 is 13.9 Å². The molecule has 2 aromatic heterocycles. The molecule has 6 heteroatoms. The van der Waals surface area contributed by atoms with Crippen LogP contribution in [0.5, 0.6) is 0 Å². The monoisotopic (exact) mass is 222 g/mol. The number of aromatic amines is 1. The minimum atomic E-state index is -0.691. The fraction of sp³-hybridized carbons (Fsp3) is 0.100. The number of methoxy groups -OCH3 is 1. The summed E-state index contributed by atoms with van der Waals surface area (Å²) >= 11 is 0. The Bertz CT molecular complexity index is 621. The fourth-order valence-corrected chi connectivity index (χ4v) is 1.35. The molecule has 16 heavy (non-hydrogen) atoms. The van der Waals surface area contributed by atoms with E-state index in [0.29, 0.717) is 0 Å². The molecule has 5 nitrogen and oxygen atoms in total. The lowest BCUT2D eigenvalue weighted by Gasteiger charge is -2.01. The largest absolute Gasteiger partial charge is 0.464 e. The minimum Gasteiger partial charge on any atom is -0.464 e. The van der Waals surface area contributed by atoms with Crippen molar-refractivity contribution in [2.75, 3.05) is 7.11 Å². The van der Waals surface area contributed by atoms with Gasteiger partial charge in [-0.3, -0.25) is 4.79 Å². The Kier molecular flexibility index (Phi) is 2.40. The lowest BCUT2D eigenvalue weighted by Crippen LogP contribution is -2.15. The van der Waals surface area contributed by atoms with Gasteiger partial charge in [0.25, 0.3) is 5.56 Å². The van der Waals surface area contributed by atoms with Crippen LogP contribution in [0.2, 0.25) is 0 Å². The van der Waals surface area contributed by atoms with Gasteiger partial charge in [0.1, 0.15) is 17.0 Å². The summed E-state index contributed by atoms with van der Waals surface area (Å²) in [5.41, 5.74) is -0.514. The highest BCUT2D eigenvalue weighted by Crippen LogP contribution is 2.10. The predicted octanol–water partition coefficient (Wildman–Crippen LogP) is 0.849. The van der Waals surface area contributed by atoms with Crippen LogP contribution >= 0.6 is 0 Å². The Morgan fingerprint density at radius 3 is 2.94 bits per heavy atom. The van der Waals surface area contributed by atoms with E-state index in [9.17, 15) is 14.0 Å². The molecule has 0 fully saturated rings. The molecule has 0 aliphatic rings. The zero-order valence-electron chi connectivity index (χ0n) is 8.28. The topological polar surface area (TPSA) is 72.0 Å². The Hall–Kier alpha value is -2.24. The van der Waals surface area contributed by atoms with Gasteiger partial charge < -0.3 is 9.72 Å². The highest BCUT2D eigenvalue weighted by atomic mass is 19.1. The lowest BCUT2D eigenvalue weighted by atomic mass is 10.2. The zero-order chi connectivity index (χ0) is 11.7. The lowest BCUT2D eigenvalue weighted by molar-refractivity contribution is 0.0594. The van der Waals surface area contributed by atoms with Crippen LogP contribution in [0.25, 0.3) is 10.9 Å². The number of aromatic nitrogens is 2. The summed E-state index contributed by atoms with van der Waals surface area (Å²) < 4.78 is 17.3. The van der Waals surface area contributed by atoms with Crippen molar-refractivity contribution in [3.8, 4) is 0 Å². The summed E-state index contributed by atoms with van der Waals surface area (Å²) in [5.74, 6) is -1.27. The first-order valence-electron chi connectivity index (χ1n) is 4.38. The van der Waals surface area contributed by atoms with Gasteiger partial charge in [-0.15, -0.1) is 0 Å². The van der Waals surface area contributed by atoms with E-state index >= 15 is 0 Å². The van der Waals surface area contributed by atoms with Crippen molar-refractivity contribution in [2.24, 2.45) is 0 Å².